The van der Waals surface area contributed by atoms with Crippen LogP contribution in [0.15, 0.2) is 24.9 Å². The van der Waals surface area contributed by atoms with Crippen LogP contribution in [0, 0.1) is 59.2 Å². The smallest absolute Gasteiger partial charge is 0.0292 e. The van der Waals surface area contributed by atoms with Gasteiger partial charge in [-0.05, 0) is 92.4 Å². The first kappa shape index (κ1) is 43.2. The second-order valence-electron chi connectivity index (χ2n) is 16.2. The molecule has 0 fully saturated rings. The lowest BCUT2D eigenvalue weighted by Crippen LogP contribution is -2.51. The molecule has 0 aliphatic rings. The monoisotopic (exact) mass is 617 g/mol. The number of hydrogen-bond acceptors (Lipinski definition) is 2. The third kappa shape index (κ3) is 13.9. The van der Waals surface area contributed by atoms with Gasteiger partial charge in [0.2, 0.25) is 0 Å². The molecule has 0 aromatic carbocycles. The second-order valence-corrected chi connectivity index (χ2v) is 16.2. The van der Waals surface area contributed by atoms with Gasteiger partial charge in [0.1, 0.15) is 0 Å². The molecule has 11 unspecified atom stereocenters. The third-order valence-corrected chi connectivity index (χ3v) is 12.3. The zero-order valence-corrected chi connectivity index (χ0v) is 33.0. The van der Waals surface area contributed by atoms with Crippen LogP contribution in [0.2, 0.25) is 0 Å². The highest BCUT2D eigenvalue weighted by atomic mass is 15.2. The molecule has 2 heteroatoms. The van der Waals surface area contributed by atoms with E-state index in [1.807, 2.05) is 0 Å². The van der Waals surface area contributed by atoms with Gasteiger partial charge in [0, 0.05) is 23.8 Å². The molecular formula is C42H84N2. The van der Waals surface area contributed by atoms with Crippen LogP contribution in [-0.2, 0) is 0 Å². The summed E-state index contributed by atoms with van der Waals surface area (Å²) in [6.07, 6.45) is 14.6. The van der Waals surface area contributed by atoms with Gasteiger partial charge in [-0.1, -0.05) is 148 Å². The van der Waals surface area contributed by atoms with E-state index in [4.69, 9.17) is 0 Å². The van der Waals surface area contributed by atoms with E-state index in [1.165, 1.54) is 63.5 Å². The molecule has 0 aromatic rings. The van der Waals surface area contributed by atoms with Gasteiger partial charge in [-0.15, -0.1) is 6.58 Å². The Hall–Kier alpha value is -0.760. The topological polar surface area (TPSA) is 15.3 Å². The summed E-state index contributed by atoms with van der Waals surface area (Å²) < 4.78 is 0. The fourth-order valence-electron chi connectivity index (χ4n) is 8.91. The van der Waals surface area contributed by atoms with E-state index in [9.17, 15) is 0 Å². The van der Waals surface area contributed by atoms with Crippen molar-refractivity contribution in [2.75, 3.05) is 7.05 Å². The standard InChI is InChI=1S/C42H84N2/c1-18-24-39(25-19-2)43-36(15)35(14)40(22-5)33(12)27-23-26-31(10)28-38(21-4)42(32(11)20-3)44(17)37(16)41(30(8)9)34(13)29(6)7/h18,29-35,37-43H,1,15,19-28H2,2-14,16-17H3. The fourth-order valence-corrected chi connectivity index (χ4v) is 8.91. The molecule has 0 spiro atoms. The maximum atomic E-state index is 4.51. The summed E-state index contributed by atoms with van der Waals surface area (Å²) in [5.74, 6) is 7.06. The van der Waals surface area contributed by atoms with Crippen molar-refractivity contribution in [3.8, 4) is 0 Å². The summed E-state index contributed by atoms with van der Waals surface area (Å²) in [4.78, 5) is 2.84. The number of rotatable bonds is 26. The number of hydrogen-bond donors (Lipinski definition) is 1. The van der Waals surface area contributed by atoms with Gasteiger partial charge in [0.25, 0.3) is 0 Å². The molecule has 44 heavy (non-hydrogen) atoms. The van der Waals surface area contributed by atoms with Gasteiger partial charge in [-0.2, -0.15) is 0 Å². The number of nitrogens with one attached hydrogen (secondary N) is 1. The van der Waals surface area contributed by atoms with Crippen molar-refractivity contribution in [2.45, 2.75) is 179 Å². The Balaban J connectivity index is 5.41. The molecule has 0 radical (unpaired) electrons. The van der Waals surface area contributed by atoms with E-state index >= 15 is 0 Å². The van der Waals surface area contributed by atoms with E-state index < -0.39 is 0 Å². The zero-order valence-electron chi connectivity index (χ0n) is 33.0. The zero-order chi connectivity index (χ0) is 34.1. The first-order valence-electron chi connectivity index (χ1n) is 19.4. The molecular weight excluding hydrogens is 532 g/mol. The minimum absolute atomic E-state index is 0.476. The van der Waals surface area contributed by atoms with Gasteiger partial charge in [0.15, 0.2) is 0 Å². The fraction of sp³-hybridized carbons (Fsp3) is 0.905. The summed E-state index contributed by atoms with van der Waals surface area (Å²) in [6.45, 7) is 42.8. The van der Waals surface area contributed by atoms with Crippen molar-refractivity contribution >= 4 is 0 Å². The van der Waals surface area contributed by atoms with Gasteiger partial charge >= 0.3 is 0 Å². The molecule has 0 aliphatic carbocycles. The Morgan fingerprint density at radius 1 is 0.773 bits per heavy atom. The third-order valence-electron chi connectivity index (χ3n) is 12.3. The Bertz CT molecular complexity index is 740. The molecule has 11 atom stereocenters. The summed E-state index contributed by atoms with van der Waals surface area (Å²) in [5.41, 5.74) is 1.24. The summed E-state index contributed by atoms with van der Waals surface area (Å²) in [7, 11) is 2.47. The number of allylic oxidation sites excluding steroid dienone is 1. The summed E-state index contributed by atoms with van der Waals surface area (Å²) in [5, 5.41) is 3.79. The second kappa shape index (κ2) is 22.7. The van der Waals surface area contributed by atoms with E-state index in [-0.39, 0.29) is 0 Å². The van der Waals surface area contributed by atoms with Crippen LogP contribution >= 0.6 is 0 Å². The molecule has 0 amide bonds. The molecule has 2 nitrogen and oxygen atoms in total. The molecule has 0 bridgehead atoms. The normalized spacial score (nSPS) is 20.0. The minimum atomic E-state index is 0.476. The van der Waals surface area contributed by atoms with E-state index in [0.29, 0.717) is 35.9 Å². The summed E-state index contributed by atoms with van der Waals surface area (Å²) >= 11 is 0. The van der Waals surface area contributed by atoms with Gasteiger partial charge in [0.05, 0.1) is 0 Å². The van der Waals surface area contributed by atoms with E-state index in [2.05, 4.69) is 133 Å². The highest BCUT2D eigenvalue weighted by Crippen LogP contribution is 2.38. The van der Waals surface area contributed by atoms with Gasteiger partial charge in [-0.25, -0.2) is 0 Å². The Kier molecular flexibility index (Phi) is 22.3. The Labute approximate surface area is 280 Å². The lowest BCUT2D eigenvalue weighted by molar-refractivity contribution is 0.0155. The molecule has 0 aromatic heterocycles. The maximum absolute atomic E-state index is 4.51. The molecule has 0 saturated carbocycles. The van der Waals surface area contributed by atoms with Crippen molar-refractivity contribution in [2.24, 2.45) is 59.2 Å². The van der Waals surface area contributed by atoms with Crippen molar-refractivity contribution in [3.05, 3.63) is 24.9 Å². The van der Waals surface area contributed by atoms with Gasteiger partial charge < -0.3 is 5.32 Å². The van der Waals surface area contributed by atoms with Crippen molar-refractivity contribution in [3.63, 3.8) is 0 Å². The maximum Gasteiger partial charge on any atom is 0.0292 e. The molecule has 1 N–H and O–H groups in total. The molecule has 262 valence electrons. The first-order chi connectivity index (χ1) is 20.6. The molecule has 0 aliphatic heterocycles. The van der Waals surface area contributed by atoms with E-state index in [1.54, 1.807) is 0 Å². The van der Waals surface area contributed by atoms with Crippen molar-refractivity contribution < 1.29 is 0 Å². The first-order valence-corrected chi connectivity index (χ1v) is 19.4. The molecule has 0 rings (SSSR count). The van der Waals surface area contributed by atoms with Crippen LogP contribution in [0.4, 0.5) is 0 Å². The van der Waals surface area contributed by atoms with Crippen LogP contribution in [0.1, 0.15) is 161 Å². The quantitative estimate of drug-likeness (QED) is 0.0972. The highest BCUT2D eigenvalue weighted by Gasteiger charge is 2.37. The average Bonchev–Trinajstić information content (AvgIpc) is 2.96. The highest BCUT2D eigenvalue weighted by molar-refractivity contribution is 5.02. The van der Waals surface area contributed by atoms with Crippen LogP contribution in [-0.4, -0.2) is 30.1 Å². The predicted molar refractivity (Wildman–Crippen MR) is 202 cm³/mol. The molecule has 0 saturated heterocycles. The van der Waals surface area contributed by atoms with Crippen LogP contribution < -0.4 is 5.32 Å². The SMILES string of the molecule is C=CCC(CCC)NC(=C)C(C)C(CC)C(C)CCCC(C)CC(CC)C(C(C)CC)N(C)C(C)C(C(C)C)C(C)C(C)C. The lowest BCUT2D eigenvalue weighted by Gasteiger charge is -2.47. The Morgan fingerprint density at radius 3 is 1.84 bits per heavy atom. The predicted octanol–water partition coefficient (Wildman–Crippen LogP) is 12.7. The molecule has 0 heterocycles. The minimum Gasteiger partial charge on any atom is -0.386 e. The van der Waals surface area contributed by atoms with Crippen LogP contribution in [0.5, 0.6) is 0 Å². The average molecular weight is 617 g/mol. The lowest BCUT2D eigenvalue weighted by atomic mass is 9.72. The van der Waals surface area contributed by atoms with Gasteiger partial charge in [-0.3, -0.25) is 4.90 Å². The summed E-state index contributed by atoms with van der Waals surface area (Å²) in [6, 6.07) is 1.73. The van der Waals surface area contributed by atoms with Crippen molar-refractivity contribution in [1.82, 2.24) is 10.2 Å². The van der Waals surface area contributed by atoms with Crippen molar-refractivity contribution in [1.29, 1.82) is 0 Å². The van der Waals surface area contributed by atoms with Crippen LogP contribution in [0.3, 0.4) is 0 Å². The number of nitrogens with zero attached hydrogens (tertiary/aromatic N) is 1. The largest absolute Gasteiger partial charge is 0.386 e. The van der Waals surface area contributed by atoms with E-state index in [0.717, 1.165) is 47.8 Å². The Morgan fingerprint density at radius 2 is 1.39 bits per heavy atom. The van der Waals surface area contributed by atoms with Crippen LogP contribution in [0.25, 0.3) is 0 Å².